The second-order valence-electron chi connectivity index (χ2n) is 3.89. The number of carboxylic acid groups (broad SMARTS) is 1. The molecule has 0 atom stereocenters. The molecule has 6 nitrogen and oxygen atoms in total. The molecule has 9 heteroatoms. The van der Waals surface area contributed by atoms with E-state index in [2.05, 4.69) is 4.98 Å². The number of aromatic nitrogens is 1. The minimum Gasteiger partial charge on any atom is -0.477 e. The maximum atomic E-state index is 13.5. The first kappa shape index (κ1) is 14.9. The predicted molar refractivity (Wildman–Crippen MR) is 68.4 cm³/mol. The van der Waals surface area contributed by atoms with E-state index in [4.69, 9.17) is 5.11 Å². The van der Waals surface area contributed by atoms with Gasteiger partial charge in [-0.1, -0.05) is 6.07 Å². The lowest BCUT2D eigenvalue weighted by Crippen LogP contribution is -2.16. The Bertz CT molecular complexity index is 809. The zero-order chi connectivity index (χ0) is 15.6. The number of hydrogen-bond acceptors (Lipinski definition) is 4. The molecule has 0 amide bonds. The fraction of sp³-hybridized carbons (Fsp3) is 0. The van der Waals surface area contributed by atoms with Crippen molar-refractivity contribution in [1.82, 2.24) is 4.98 Å². The number of rotatable bonds is 4. The fourth-order valence-corrected chi connectivity index (χ4v) is 2.58. The Kier molecular flexibility index (Phi) is 3.85. The van der Waals surface area contributed by atoms with E-state index in [-0.39, 0.29) is 5.82 Å². The predicted octanol–water partition coefficient (Wildman–Crippen LogP) is 1.86. The molecule has 21 heavy (non-hydrogen) atoms. The van der Waals surface area contributed by atoms with Crippen LogP contribution in [-0.4, -0.2) is 24.5 Å². The summed E-state index contributed by atoms with van der Waals surface area (Å²) in [6.45, 7) is 0. The first-order valence-electron chi connectivity index (χ1n) is 5.48. The molecule has 110 valence electrons. The van der Waals surface area contributed by atoms with Crippen LogP contribution in [-0.2, 0) is 10.0 Å². The van der Waals surface area contributed by atoms with E-state index in [9.17, 15) is 22.0 Å². The number of hydrogen-bond donors (Lipinski definition) is 2. The highest BCUT2D eigenvalue weighted by Crippen LogP contribution is 2.19. The molecule has 0 saturated carbocycles. The van der Waals surface area contributed by atoms with Gasteiger partial charge in [-0.2, -0.15) is 0 Å². The van der Waals surface area contributed by atoms with Crippen LogP contribution in [0.15, 0.2) is 41.3 Å². The van der Waals surface area contributed by atoms with Crippen LogP contribution in [0.1, 0.15) is 10.5 Å². The van der Waals surface area contributed by atoms with Crippen molar-refractivity contribution in [3.05, 3.63) is 53.7 Å². The molecular weight excluding hydrogens is 306 g/mol. The van der Waals surface area contributed by atoms with Gasteiger partial charge in [0.15, 0.2) is 5.69 Å². The maximum absolute atomic E-state index is 13.5. The summed E-state index contributed by atoms with van der Waals surface area (Å²) in [4.78, 5) is 13.4. The van der Waals surface area contributed by atoms with Gasteiger partial charge in [0.25, 0.3) is 10.0 Å². The Morgan fingerprint density at radius 3 is 2.57 bits per heavy atom. The highest BCUT2D eigenvalue weighted by molar-refractivity contribution is 7.92. The summed E-state index contributed by atoms with van der Waals surface area (Å²) < 4.78 is 52.3. The lowest BCUT2D eigenvalue weighted by Gasteiger charge is -2.08. The molecule has 2 rings (SSSR count). The van der Waals surface area contributed by atoms with Crippen molar-refractivity contribution in [2.45, 2.75) is 4.90 Å². The third-order valence-corrected chi connectivity index (χ3v) is 3.76. The van der Waals surface area contributed by atoms with Crippen LogP contribution in [0.4, 0.5) is 14.6 Å². The number of halogens is 2. The number of sulfonamides is 1. The lowest BCUT2D eigenvalue weighted by atomic mass is 10.3. The van der Waals surface area contributed by atoms with Crippen LogP contribution in [0.25, 0.3) is 0 Å². The van der Waals surface area contributed by atoms with Gasteiger partial charge in [-0.15, -0.1) is 0 Å². The minimum atomic E-state index is -4.43. The fourth-order valence-electron chi connectivity index (χ4n) is 1.49. The Morgan fingerprint density at radius 1 is 1.19 bits per heavy atom. The summed E-state index contributed by atoms with van der Waals surface area (Å²) in [6, 6.07) is 5.56. The van der Waals surface area contributed by atoms with Crippen molar-refractivity contribution in [3.8, 4) is 0 Å². The number of anilines is 1. The van der Waals surface area contributed by atoms with Crippen LogP contribution >= 0.6 is 0 Å². The van der Waals surface area contributed by atoms with E-state index in [0.717, 1.165) is 12.1 Å². The van der Waals surface area contributed by atoms with Gasteiger partial charge in [0.2, 0.25) is 0 Å². The summed E-state index contributed by atoms with van der Waals surface area (Å²) in [6.07, 6.45) is 0. The van der Waals surface area contributed by atoms with Crippen LogP contribution in [0.3, 0.4) is 0 Å². The molecule has 1 aromatic carbocycles. The Labute approximate surface area is 118 Å². The monoisotopic (exact) mass is 314 g/mol. The van der Waals surface area contributed by atoms with Gasteiger partial charge in [0, 0.05) is 0 Å². The summed E-state index contributed by atoms with van der Waals surface area (Å²) >= 11 is 0. The Balaban J connectivity index is 2.40. The topological polar surface area (TPSA) is 96.4 Å². The highest BCUT2D eigenvalue weighted by Gasteiger charge is 2.21. The number of nitrogens with one attached hydrogen (secondary N) is 1. The molecule has 0 radical (unpaired) electrons. The van der Waals surface area contributed by atoms with Gasteiger partial charge in [0.1, 0.15) is 22.3 Å². The number of nitrogens with zero attached hydrogens (tertiary/aromatic N) is 1. The lowest BCUT2D eigenvalue weighted by molar-refractivity contribution is 0.0690. The van der Waals surface area contributed by atoms with Gasteiger partial charge >= 0.3 is 5.97 Å². The van der Waals surface area contributed by atoms with Gasteiger partial charge in [-0.25, -0.2) is 27.0 Å². The zero-order valence-corrected chi connectivity index (χ0v) is 11.1. The molecule has 0 saturated heterocycles. The van der Waals surface area contributed by atoms with Crippen molar-refractivity contribution < 1.29 is 27.1 Å². The van der Waals surface area contributed by atoms with Gasteiger partial charge in [-0.3, -0.25) is 4.72 Å². The van der Waals surface area contributed by atoms with Gasteiger partial charge in [0.05, 0.1) is 0 Å². The number of carboxylic acids is 1. The third kappa shape index (κ3) is 3.31. The van der Waals surface area contributed by atoms with Crippen molar-refractivity contribution >= 4 is 21.8 Å². The molecule has 0 fully saturated rings. The molecule has 0 spiro atoms. The maximum Gasteiger partial charge on any atom is 0.354 e. The van der Waals surface area contributed by atoms with Crippen molar-refractivity contribution in [3.63, 3.8) is 0 Å². The molecule has 0 aliphatic heterocycles. The molecule has 1 heterocycles. The van der Waals surface area contributed by atoms with E-state index in [1.54, 1.807) is 0 Å². The van der Waals surface area contributed by atoms with Crippen LogP contribution in [0.5, 0.6) is 0 Å². The molecule has 0 unspecified atom stereocenters. The largest absolute Gasteiger partial charge is 0.477 e. The Hall–Kier alpha value is -2.55. The molecule has 0 aliphatic carbocycles. The first-order valence-corrected chi connectivity index (χ1v) is 6.96. The number of carbonyl (C=O) groups is 1. The summed E-state index contributed by atoms with van der Waals surface area (Å²) in [7, 11) is -4.43. The average Bonchev–Trinajstić information content (AvgIpc) is 2.41. The second kappa shape index (κ2) is 5.44. The highest BCUT2D eigenvalue weighted by atomic mass is 32.2. The molecule has 0 aliphatic rings. The van der Waals surface area contributed by atoms with E-state index < -0.39 is 38.2 Å². The van der Waals surface area contributed by atoms with E-state index in [1.165, 1.54) is 12.1 Å². The standard InChI is InChI=1S/C12H8F2N2O4S/c13-7-4-5-8(14)10(6-7)21(19,20)16-11-3-1-2-9(15-11)12(17)18/h1-6H,(H,15,16)(H,17,18). The SMILES string of the molecule is O=C(O)c1cccc(NS(=O)(=O)c2cc(F)ccc2F)n1. The number of pyridine rings is 1. The Morgan fingerprint density at radius 2 is 1.90 bits per heavy atom. The second-order valence-corrected chi connectivity index (χ2v) is 5.54. The summed E-state index contributed by atoms with van der Waals surface area (Å²) in [5, 5.41) is 8.76. The smallest absolute Gasteiger partial charge is 0.354 e. The van der Waals surface area contributed by atoms with Crippen molar-refractivity contribution in [2.24, 2.45) is 0 Å². The molecule has 1 aromatic heterocycles. The molecule has 2 N–H and O–H groups in total. The zero-order valence-electron chi connectivity index (χ0n) is 10.2. The normalized spacial score (nSPS) is 11.1. The summed E-state index contributed by atoms with van der Waals surface area (Å²) in [5.41, 5.74) is -0.394. The number of benzene rings is 1. The van der Waals surface area contributed by atoms with E-state index in [0.29, 0.717) is 12.1 Å². The van der Waals surface area contributed by atoms with Gasteiger partial charge in [-0.05, 0) is 30.3 Å². The quantitative estimate of drug-likeness (QED) is 0.898. The molecular formula is C12H8F2N2O4S. The van der Waals surface area contributed by atoms with E-state index >= 15 is 0 Å². The minimum absolute atomic E-state index is 0.321. The van der Waals surface area contributed by atoms with Crippen LogP contribution in [0, 0.1) is 11.6 Å². The van der Waals surface area contributed by atoms with Crippen LogP contribution < -0.4 is 4.72 Å². The van der Waals surface area contributed by atoms with Crippen LogP contribution in [0.2, 0.25) is 0 Å². The molecule has 2 aromatic rings. The van der Waals surface area contributed by atoms with Gasteiger partial charge < -0.3 is 5.11 Å². The average molecular weight is 314 g/mol. The van der Waals surface area contributed by atoms with Crippen molar-refractivity contribution in [1.29, 1.82) is 0 Å². The van der Waals surface area contributed by atoms with Crippen molar-refractivity contribution in [2.75, 3.05) is 4.72 Å². The summed E-state index contributed by atoms with van der Waals surface area (Å²) in [5.74, 6) is -3.74. The number of aromatic carboxylic acids is 1. The third-order valence-electron chi connectivity index (χ3n) is 2.39. The van der Waals surface area contributed by atoms with E-state index in [1.807, 2.05) is 4.72 Å². The molecule has 0 bridgehead atoms. The first-order chi connectivity index (χ1) is 9.79.